The van der Waals surface area contributed by atoms with Crippen LogP contribution < -0.4 is 5.32 Å². The number of carbonyl (C=O) groups is 1. The minimum absolute atomic E-state index is 0.0867. The Bertz CT molecular complexity index is 644. The molecule has 5 heteroatoms. The minimum Gasteiger partial charge on any atom is -0.349 e. The summed E-state index contributed by atoms with van der Waals surface area (Å²) in [6, 6.07) is 11.3. The van der Waals surface area contributed by atoms with Crippen molar-refractivity contribution in [2.24, 2.45) is 0 Å². The maximum absolute atomic E-state index is 12.5. The molecule has 2 rings (SSSR count). The average Bonchev–Trinajstić information content (AvgIpc) is 2.55. The SMILES string of the molecule is CCC(CC)NC(=O)c1cccnc1Sc1ccccc1Cl. The Morgan fingerprint density at radius 1 is 1.23 bits per heavy atom. The van der Waals surface area contributed by atoms with Gasteiger partial charge in [-0.1, -0.05) is 49.3 Å². The number of rotatable bonds is 6. The molecule has 1 heterocycles. The van der Waals surface area contributed by atoms with E-state index in [0.717, 1.165) is 17.7 Å². The van der Waals surface area contributed by atoms with E-state index in [2.05, 4.69) is 24.1 Å². The maximum Gasteiger partial charge on any atom is 0.254 e. The topological polar surface area (TPSA) is 42.0 Å². The lowest BCUT2D eigenvalue weighted by Gasteiger charge is -2.16. The van der Waals surface area contributed by atoms with Crippen molar-refractivity contribution in [2.75, 3.05) is 0 Å². The van der Waals surface area contributed by atoms with Gasteiger partial charge in [-0.25, -0.2) is 4.98 Å². The molecule has 1 N–H and O–H groups in total. The quantitative estimate of drug-likeness (QED) is 0.824. The first kappa shape index (κ1) is 16.8. The summed E-state index contributed by atoms with van der Waals surface area (Å²) in [6.07, 6.45) is 3.51. The van der Waals surface area contributed by atoms with Gasteiger partial charge in [0.15, 0.2) is 0 Å². The van der Waals surface area contributed by atoms with Gasteiger partial charge < -0.3 is 5.32 Å². The zero-order valence-corrected chi connectivity index (χ0v) is 14.2. The van der Waals surface area contributed by atoms with Crippen molar-refractivity contribution >= 4 is 29.3 Å². The molecule has 0 aliphatic carbocycles. The van der Waals surface area contributed by atoms with Gasteiger partial charge in [-0.2, -0.15) is 0 Å². The molecule has 0 unspecified atom stereocenters. The van der Waals surface area contributed by atoms with E-state index >= 15 is 0 Å². The predicted molar refractivity (Wildman–Crippen MR) is 91.6 cm³/mol. The van der Waals surface area contributed by atoms with E-state index in [1.54, 1.807) is 18.3 Å². The van der Waals surface area contributed by atoms with Crippen LogP contribution in [0, 0.1) is 0 Å². The molecule has 0 saturated heterocycles. The summed E-state index contributed by atoms with van der Waals surface area (Å²) in [7, 11) is 0. The van der Waals surface area contributed by atoms with Gasteiger partial charge in [0.05, 0.1) is 10.6 Å². The fourth-order valence-electron chi connectivity index (χ4n) is 2.03. The van der Waals surface area contributed by atoms with Crippen LogP contribution in [0.25, 0.3) is 0 Å². The number of halogens is 1. The minimum atomic E-state index is -0.0867. The molecule has 0 aliphatic heterocycles. The number of carbonyl (C=O) groups excluding carboxylic acids is 1. The number of aromatic nitrogens is 1. The molecule has 0 fully saturated rings. The molecule has 116 valence electrons. The van der Waals surface area contributed by atoms with Crippen molar-refractivity contribution in [2.45, 2.75) is 42.7 Å². The van der Waals surface area contributed by atoms with Crippen molar-refractivity contribution in [3.05, 3.63) is 53.2 Å². The Balaban J connectivity index is 2.23. The van der Waals surface area contributed by atoms with Crippen molar-refractivity contribution < 1.29 is 4.79 Å². The summed E-state index contributed by atoms with van der Waals surface area (Å²) < 4.78 is 0. The molecule has 1 amide bonds. The predicted octanol–water partition coefficient (Wildman–Crippen LogP) is 4.80. The van der Waals surface area contributed by atoms with Crippen LogP contribution in [0.2, 0.25) is 5.02 Å². The second-order valence-electron chi connectivity index (χ2n) is 4.88. The van der Waals surface area contributed by atoms with Gasteiger partial charge in [-0.3, -0.25) is 4.79 Å². The molecule has 0 bridgehead atoms. The normalized spacial score (nSPS) is 10.7. The van der Waals surface area contributed by atoms with Crippen molar-refractivity contribution in [3.63, 3.8) is 0 Å². The van der Waals surface area contributed by atoms with Crippen LogP contribution in [0.4, 0.5) is 0 Å². The molecule has 0 aliphatic rings. The number of hydrogen-bond donors (Lipinski definition) is 1. The Morgan fingerprint density at radius 2 is 1.95 bits per heavy atom. The fraction of sp³-hybridized carbons (Fsp3) is 0.294. The van der Waals surface area contributed by atoms with Crippen molar-refractivity contribution in [3.8, 4) is 0 Å². The number of nitrogens with one attached hydrogen (secondary N) is 1. The summed E-state index contributed by atoms with van der Waals surface area (Å²) in [4.78, 5) is 17.7. The highest BCUT2D eigenvalue weighted by atomic mass is 35.5. The number of hydrogen-bond acceptors (Lipinski definition) is 3. The van der Waals surface area contributed by atoms with Gasteiger partial charge >= 0.3 is 0 Å². The first-order valence-electron chi connectivity index (χ1n) is 7.34. The van der Waals surface area contributed by atoms with E-state index in [9.17, 15) is 4.79 Å². The second-order valence-corrected chi connectivity index (χ2v) is 6.31. The molecular weight excluding hydrogens is 316 g/mol. The lowest BCUT2D eigenvalue weighted by Crippen LogP contribution is -2.34. The van der Waals surface area contributed by atoms with Crippen LogP contribution in [-0.4, -0.2) is 16.9 Å². The van der Waals surface area contributed by atoms with Gasteiger partial charge in [-0.15, -0.1) is 0 Å². The molecule has 3 nitrogen and oxygen atoms in total. The molecule has 22 heavy (non-hydrogen) atoms. The zero-order valence-electron chi connectivity index (χ0n) is 12.7. The highest BCUT2D eigenvalue weighted by molar-refractivity contribution is 7.99. The van der Waals surface area contributed by atoms with Gasteiger partial charge in [-0.05, 0) is 37.1 Å². The molecule has 0 spiro atoms. The molecule has 0 radical (unpaired) electrons. The first-order chi connectivity index (χ1) is 10.7. The third-order valence-corrected chi connectivity index (χ3v) is 4.92. The number of amides is 1. The first-order valence-corrected chi connectivity index (χ1v) is 8.53. The molecule has 1 aromatic heterocycles. The van der Waals surface area contributed by atoms with E-state index in [1.807, 2.05) is 24.3 Å². The summed E-state index contributed by atoms with van der Waals surface area (Å²) in [5, 5.41) is 4.37. The van der Waals surface area contributed by atoms with Crippen LogP contribution >= 0.6 is 23.4 Å². The number of pyridine rings is 1. The average molecular weight is 335 g/mol. The fourth-order valence-corrected chi connectivity index (χ4v) is 3.19. The number of nitrogens with zero attached hydrogens (tertiary/aromatic N) is 1. The van der Waals surface area contributed by atoms with Crippen LogP contribution in [0.5, 0.6) is 0 Å². The summed E-state index contributed by atoms with van der Waals surface area (Å²) in [6.45, 7) is 4.13. The van der Waals surface area contributed by atoms with Gasteiger partial charge in [0.2, 0.25) is 0 Å². The maximum atomic E-state index is 12.5. The van der Waals surface area contributed by atoms with Crippen LogP contribution in [0.1, 0.15) is 37.0 Å². The van der Waals surface area contributed by atoms with E-state index in [0.29, 0.717) is 15.6 Å². The standard InChI is InChI=1S/C17H19ClN2OS/c1-3-12(4-2)20-16(21)13-8-7-11-19-17(13)22-15-10-6-5-9-14(15)18/h5-12H,3-4H2,1-2H3,(H,20,21). The number of benzene rings is 1. The zero-order chi connectivity index (χ0) is 15.9. The largest absolute Gasteiger partial charge is 0.349 e. The summed E-state index contributed by atoms with van der Waals surface area (Å²) in [5.74, 6) is -0.0867. The van der Waals surface area contributed by atoms with Crippen LogP contribution in [0.15, 0.2) is 52.5 Å². The lowest BCUT2D eigenvalue weighted by atomic mass is 10.1. The summed E-state index contributed by atoms with van der Waals surface area (Å²) in [5.41, 5.74) is 0.583. The van der Waals surface area contributed by atoms with E-state index in [1.165, 1.54) is 11.8 Å². The Hall–Kier alpha value is -1.52. The molecule has 2 aromatic rings. The van der Waals surface area contributed by atoms with Crippen molar-refractivity contribution in [1.82, 2.24) is 10.3 Å². The Kier molecular flexibility index (Phi) is 6.28. The van der Waals surface area contributed by atoms with E-state index in [-0.39, 0.29) is 11.9 Å². The van der Waals surface area contributed by atoms with Gasteiger partial charge in [0, 0.05) is 17.1 Å². The lowest BCUT2D eigenvalue weighted by molar-refractivity contribution is 0.0931. The Labute approximate surface area is 140 Å². The van der Waals surface area contributed by atoms with Gasteiger partial charge in [0.25, 0.3) is 5.91 Å². The molecule has 1 aromatic carbocycles. The van der Waals surface area contributed by atoms with E-state index < -0.39 is 0 Å². The Morgan fingerprint density at radius 3 is 2.64 bits per heavy atom. The summed E-state index contributed by atoms with van der Waals surface area (Å²) >= 11 is 7.59. The van der Waals surface area contributed by atoms with Gasteiger partial charge in [0.1, 0.15) is 5.03 Å². The third-order valence-electron chi connectivity index (χ3n) is 3.38. The molecule has 0 saturated carbocycles. The van der Waals surface area contributed by atoms with E-state index in [4.69, 9.17) is 11.6 Å². The van der Waals surface area contributed by atoms with Crippen LogP contribution in [0.3, 0.4) is 0 Å². The highest BCUT2D eigenvalue weighted by Crippen LogP contribution is 2.33. The highest BCUT2D eigenvalue weighted by Gasteiger charge is 2.16. The smallest absolute Gasteiger partial charge is 0.254 e. The monoisotopic (exact) mass is 334 g/mol. The van der Waals surface area contributed by atoms with Crippen molar-refractivity contribution in [1.29, 1.82) is 0 Å². The van der Waals surface area contributed by atoms with Crippen LogP contribution in [-0.2, 0) is 0 Å². The molecule has 0 atom stereocenters. The third kappa shape index (κ3) is 4.24. The molecular formula is C17H19ClN2OS. The second kappa shape index (κ2) is 8.20.